The van der Waals surface area contributed by atoms with Crippen molar-refractivity contribution in [1.29, 1.82) is 0 Å². The van der Waals surface area contributed by atoms with Crippen molar-refractivity contribution in [3.8, 4) is 0 Å². The maximum absolute atomic E-state index is 10.4. The highest BCUT2D eigenvalue weighted by Gasteiger charge is 2.41. The molecule has 0 amide bonds. The molecular weight excluding hydrogens is 202 g/mol. The standard InChI is InChI=1S/C13H23NO2/c15-12(16)6-5-9-14-10-13(11-14)7-3-1-2-4-8-13/h1-11H2,(H,15,16). The minimum Gasteiger partial charge on any atom is -0.481 e. The summed E-state index contributed by atoms with van der Waals surface area (Å²) in [4.78, 5) is 12.8. The van der Waals surface area contributed by atoms with Crippen molar-refractivity contribution in [2.45, 2.75) is 51.4 Å². The second kappa shape index (κ2) is 5.17. The first-order valence-electron chi connectivity index (χ1n) is 6.64. The van der Waals surface area contributed by atoms with Gasteiger partial charge in [-0.15, -0.1) is 0 Å². The van der Waals surface area contributed by atoms with Gasteiger partial charge in [0.2, 0.25) is 0 Å². The monoisotopic (exact) mass is 225 g/mol. The van der Waals surface area contributed by atoms with Crippen LogP contribution in [0.1, 0.15) is 51.4 Å². The van der Waals surface area contributed by atoms with Gasteiger partial charge in [-0.3, -0.25) is 4.79 Å². The first-order chi connectivity index (χ1) is 7.70. The minimum atomic E-state index is -0.662. The molecule has 1 saturated heterocycles. The van der Waals surface area contributed by atoms with Gasteiger partial charge in [0.25, 0.3) is 0 Å². The number of carboxylic acid groups (broad SMARTS) is 1. The van der Waals surface area contributed by atoms with Gasteiger partial charge in [-0.05, 0) is 31.2 Å². The van der Waals surface area contributed by atoms with Crippen LogP contribution in [0.2, 0.25) is 0 Å². The SMILES string of the molecule is O=C(O)CCCN1CC2(CCCCCC2)C1. The topological polar surface area (TPSA) is 40.5 Å². The molecule has 3 nitrogen and oxygen atoms in total. The number of rotatable bonds is 4. The van der Waals surface area contributed by atoms with Crippen LogP contribution < -0.4 is 0 Å². The molecule has 1 saturated carbocycles. The van der Waals surface area contributed by atoms with Gasteiger partial charge in [0.1, 0.15) is 0 Å². The van der Waals surface area contributed by atoms with Gasteiger partial charge in [-0.1, -0.05) is 25.7 Å². The van der Waals surface area contributed by atoms with Gasteiger partial charge in [0.05, 0.1) is 0 Å². The molecule has 3 heteroatoms. The van der Waals surface area contributed by atoms with E-state index < -0.39 is 5.97 Å². The average Bonchev–Trinajstić information content (AvgIpc) is 2.41. The normalized spacial score (nSPS) is 25.0. The summed E-state index contributed by atoms with van der Waals surface area (Å²) < 4.78 is 0. The van der Waals surface area contributed by atoms with E-state index in [-0.39, 0.29) is 0 Å². The molecule has 0 aromatic carbocycles. The van der Waals surface area contributed by atoms with Crippen LogP contribution in [0.25, 0.3) is 0 Å². The number of nitrogens with zero attached hydrogens (tertiary/aromatic N) is 1. The molecule has 0 aromatic heterocycles. The number of hydrogen-bond acceptors (Lipinski definition) is 2. The molecule has 1 N–H and O–H groups in total. The van der Waals surface area contributed by atoms with Gasteiger partial charge >= 0.3 is 5.97 Å². The lowest BCUT2D eigenvalue weighted by Gasteiger charge is -2.50. The Morgan fingerprint density at radius 1 is 1.12 bits per heavy atom. The van der Waals surface area contributed by atoms with E-state index in [0.717, 1.165) is 13.0 Å². The quantitative estimate of drug-likeness (QED) is 0.799. The molecule has 2 fully saturated rings. The third-order valence-electron chi connectivity index (χ3n) is 4.15. The number of hydrogen-bond donors (Lipinski definition) is 1. The summed E-state index contributed by atoms with van der Waals surface area (Å²) in [6, 6.07) is 0. The Morgan fingerprint density at radius 2 is 1.75 bits per heavy atom. The average molecular weight is 225 g/mol. The van der Waals surface area contributed by atoms with Crippen molar-refractivity contribution in [3.63, 3.8) is 0 Å². The summed E-state index contributed by atoms with van der Waals surface area (Å²) in [6.45, 7) is 3.44. The van der Waals surface area contributed by atoms with Crippen LogP contribution >= 0.6 is 0 Å². The summed E-state index contributed by atoms with van der Waals surface area (Å²) in [7, 11) is 0. The van der Waals surface area contributed by atoms with Gasteiger partial charge in [-0.2, -0.15) is 0 Å². The zero-order chi connectivity index (χ0) is 11.4. The fourth-order valence-electron chi connectivity index (χ4n) is 3.31. The van der Waals surface area contributed by atoms with Crippen molar-refractivity contribution >= 4 is 5.97 Å². The van der Waals surface area contributed by atoms with E-state index in [2.05, 4.69) is 4.90 Å². The zero-order valence-corrected chi connectivity index (χ0v) is 10.1. The molecule has 2 rings (SSSR count). The molecule has 16 heavy (non-hydrogen) atoms. The number of carboxylic acids is 1. The van der Waals surface area contributed by atoms with Crippen LogP contribution in [0, 0.1) is 5.41 Å². The molecule has 1 heterocycles. The third-order valence-corrected chi connectivity index (χ3v) is 4.15. The van der Waals surface area contributed by atoms with Crippen molar-refractivity contribution < 1.29 is 9.90 Å². The molecule has 0 bridgehead atoms. The third kappa shape index (κ3) is 2.97. The lowest BCUT2D eigenvalue weighted by molar-refractivity contribution is -0.137. The molecule has 0 radical (unpaired) electrons. The predicted molar refractivity (Wildman–Crippen MR) is 63.4 cm³/mol. The lowest BCUT2D eigenvalue weighted by atomic mass is 9.73. The van der Waals surface area contributed by atoms with Crippen molar-refractivity contribution in [1.82, 2.24) is 4.90 Å². The van der Waals surface area contributed by atoms with Crippen molar-refractivity contribution in [2.24, 2.45) is 5.41 Å². The fourth-order valence-corrected chi connectivity index (χ4v) is 3.31. The number of carbonyl (C=O) groups is 1. The molecule has 1 spiro atoms. The van der Waals surface area contributed by atoms with E-state index in [9.17, 15) is 4.79 Å². The van der Waals surface area contributed by atoms with Gasteiger partial charge in [0.15, 0.2) is 0 Å². The van der Waals surface area contributed by atoms with E-state index in [1.165, 1.54) is 51.6 Å². The van der Waals surface area contributed by atoms with Crippen molar-refractivity contribution in [3.05, 3.63) is 0 Å². The maximum atomic E-state index is 10.4. The van der Waals surface area contributed by atoms with E-state index in [1.54, 1.807) is 0 Å². The highest BCUT2D eigenvalue weighted by Crippen LogP contribution is 2.42. The molecule has 0 unspecified atom stereocenters. The van der Waals surface area contributed by atoms with Crippen LogP contribution in [0.4, 0.5) is 0 Å². The van der Waals surface area contributed by atoms with Crippen LogP contribution in [-0.4, -0.2) is 35.6 Å². The van der Waals surface area contributed by atoms with Crippen LogP contribution in [-0.2, 0) is 4.79 Å². The first-order valence-corrected chi connectivity index (χ1v) is 6.64. The Hall–Kier alpha value is -0.570. The van der Waals surface area contributed by atoms with Crippen LogP contribution in [0.3, 0.4) is 0 Å². The van der Waals surface area contributed by atoms with Crippen LogP contribution in [0.5, 0.6) is 0 Å². The smallest absolute Gasteiger partial charge is 0.303 e. The Morgan fingerprint density at radius 3 is 2.31 bits per heavy atom. The highest BCUT2D eigenvalue weighted by atomic mass is 16.4. The van der Waals surface area contributed by atoms with Crippen LogP contribution in [0.15, 0.2) is 0 Å². The summed E-state index contributed by atoms with van der Waals surface area (Å²) in [5.41, 5.74) is 0.625. The highest BCUT2D eigenvalue weighted by molar-refractivity contribution is 5.66. The molecule has 0 atom stereocenters. The van der Waals surface area contributed by atoms with Crippen molar-refractivity contribution in [2.75, 3.05) is 19.6 Å². The van der Waals surface area contributed by atoms with E-state index in [0.29, 0.717) is 11.8 Å². The fraction of sp³-hybridized carbons (Fsp3) is 0.923. The summed E-state index contributed by atoms with van der Waals surface area (Å²) >= 11 is 0. The molecule has 92 valence electrons. The van der Waals surface area contributed by atoms with E-state index in [4.69, 9.17) is 5.11 Å². The summed E-state index contributed by atoms with van der Waals surface area (Å²) in [6.07, 6.45) is 9.59. The second-order valence-electron chi connectivity index (χ2n) is 5.62. The lowest BCUT2D eigenvalue weighted by Crippen LogP contribution is -2.56. The Labute approximate surface area is 97.8 Å². The molecule has 2 aliphatic rings. The van der Waals surface area contributed by atoms with E-state index >= 15 is 0 Å². The Balaban J connectivity index is 1.65. The first kappa shape index (κ1) is 11.9. The number of likely N-dealkylation sites (tertiary alicyclic amines) is 1. The largest absolute Gasteiger partial charge is 0.481 e. The molecule has 1 aliphatic heterocycles. The van der Waals surface area contributed by atoms with Gasteiger partial charge in [-0.25, -0.2) is 0 Å². The predicted octanol–water partition coefficient (Wildman–Crippen LogP) is 2.51. The van der Waals surface area contributed by atoms with Gasteiger partial charge < -0.3 is 10.0 Å². The minimum absolute atomic E-state index is 0.323. The van der Waals surface area contributed by atoms with E-state index in [1.807, 2.05) is 0 Å². The molecular formula is C13H23NO2. The Kier molecular flexibility index (Phi) is 3.85. The molecule has 1 aliphatic carbocycles. The zero-order valence-electron chi connectivity index (χ0n) is 10.1. The van der Waals surface area contributed by atoms with Gasteiger partial charge in [0, 0.05) is 19.5 Å². The molecule has 0 aromatic rings. The Bertz CT molecular complexity index is 236. The number of aliphatic carboxylic acids is 1. The maximum Gasteiger partial charge on any atom is 0.303 e. The summed E-state index contributed by atoms with van der Waals surface area (Å²) in [5.74, 6) is -0.662. The second-order valence-corrected chi connectivity index (χ2v) is 5.62. The summed E-state index contributed by atoms with van der Waals surface area (Å²) in [5, 5.41) is 8.58.